The number of carbonyl (C=O) groups is 1. The Bertz CT molecular complexity index is 587. The minimum atomic E-state index is -0.237. The maximum absolute atomic E-state index is 12.0. The summed E-state index contributed by atoms with van der Waals surface area (Å²) in [4.78, 5) is 20.2. The molecule has 6 heteroatoms. The van der Waals surface area contributed by atoms with Crippen LogP contribution >= 0.6 is 22.9 Å². The van der Waals surface area contributed by atoms with E-state index in [1.165, 1.54) is 17.5 Å². The second kappa shape index (κ2) is 5.27. The van der Waals surface area contributed by atoms with E-state index in [4.69, 9.17) is 11.6 Å². The molecule has 2 heterocycles. The predicted molar refractivity (Wildman–Crippen MR) is 78.0 cm³/mol. The Morgan fingerprint density at radius 3 is 2.63 bits per heavy atom. The first kappa shape index (κ1) is 14.0. The molecular weight excluding hydrogens is 282 g/mol. The summed E-state index contributed by atoms with van der Waals surface area (Å²) in [6.07, 6.45) is 1.44. The summed E-state index contributed by atoms with van der Waals surface area (Å²) in [5, 5.41) is 5.66. The van der Waals surface area contributed by atoms with E-state index in [0.29, 0.717) is 15.8 Å². The van der Waals surface area contributed by atoms with Crippen molar-refractivity contribution < 1.29 is 4.79 Å². The van der Waals surface area contributed by atoms with Gasteiger partial charge in [-0.15, -0.1) is 11.3 Å². The highest BCUT2D eigenvalue weighted by Crippen LogP contribution is 2.26. The molecule has 0 unspecified atom stereocenters. The molecule has 0 bridgehead atoms. The second-order valence-electron chi connectivity index (χ2n) is 5.11. The van der Waals surface area contributed by atoms with Gasteiger partial charge in [0.1, 0.15) is 5.15 Å². The van der Waals surface area contributed by atoms with Crippen LogP contribution < -0.4 is 5.32 Å². The molecule has 0 fully saturated rings. The lowest BCUT2D eigenvalue weighted by molar-refractivity contribution is 0.102. The Morgan fingerprint density at radius 2 is 2.11 bits per heavy atom. The van der Waals surface area contributed by atoms with E-state index in [1.807, 2.05) is 5.38 Å². The number of pyridine rings is 1. The van der Waals surface area contributed by atoms with Crippen LogP contribution in [0.1, 0.15) is 36.8 Å². The number of nitrogens with one attached hydrogen (secondary N) is 1. The quantitative estimate of drug-likeness (QED) is 0.859. The molecule has 4 nitrogen and oxygen atoms in total. The van der Waals surface area contributed by atoms with Gasteiger partial charge in [0.25, 0.3) is 5.91 Å². The lowest BCUT2D eigenvalue weighted by atomic mass is 9.93. The van der Waals surface area contributed by atoms with Gasteiger partial charge in [-0.3, -0.25) is 10.1 Å². The fourth-order valence-corrected chi connectivity index (χ4v) is 2.40. The molecule has 1 amide bonds. The van der Waals surface area contributed by atoms with Gasteiger partial charge in [0.15, 0.2) is 5.13 Å². The molecule has 19 heavy (non-hydrogen) atoms. The summed E-state index contributed by atoms with van der Waals surface area (Å²) >= 11 is 7.09. The average molecular weight is 296 g/mol. The molecule has 2 aromatic rings. The summed E-state index contributed by atoms with van der Waals surface area (Å²) in [6.45, 7) is 6.24. The van der Waals surface area contributed by atoms with E-state index in [9.17, 15) is 4.79 Å². The molecule has 0 radical (unpaired) electrons. The van der Waals surface area contributed by atoms with Crippen molar-refractivity contribution in [3.05, 3.63) is 40.1 Å². The normalized spacial score (nSPS) is 11.4. The van der Waals surface area contributed by atoms with Crippen LogP contribution in [0.25, 0.3) is 0 Å². The number of hydrogen-bond acceptors (Lipinski definition) is 4. The van der Waals surface area contributed by atoms with Crippen LogP contribution in [0.3, 0.4) is 0 Å². The van der Waals surface area contributed by atoms with Crippen LogP contribution in [0.15, 0.2) is 23.7 Å². The van der Waals surface area contributed by atoms with E-state index < -0.39 is 0 Å². The van der Waals surface area contributed by atoms with Gasteiger partial charge >= 0.3 is 0 Å². The number of rotatable bonds is 2. The average Bonchev–Trinajstić information content (AvgIpc) is 2.78. The van der Waals surface area contributed by atoms with Gasteiger partial charge in [-0.2, -0.15) is 0 Å². The van der Waals surface area contributed by atoms with Crippen LogP contribution in [0, 0.1) is 0 Å². The third kappa shape index (κ3) is 3.52. The fraction of sp³-hybridized carbons (Fsp3) is 0.308. The minimum Gasteiger partial charge on any atom is -0.298 e. The van der Waals surface area contributed by atoms with Gasteiger partial charge in [-0.25, -0.2) is 9.97 Å². The summed E-state index contributed by atoms with van der Waals surface area (Å²) in [5.41, 5.74) is 1.39. The van der Waals surface area contributed by atoms with Crippen molar-refractivity contribution in [1.82, 2.24) is 9.97 Å². The highest BCUT2D eigenvalue weighted by molar-refractivity contribution is 7.14. The van der Waals surface area contributed by atoms with E-state index in [0.717, 1.165) is 5.69 Å². The standard InChI is InChI=1S/C13H14ClN3OS/c1-13(2,3)9-7-19-12(16-9)17-11(18)8-4-5-10(14)15-6-8/h4-7H,1-3H3,(H,16,17,18). The molecule has 0 aromatic carbocycles. The molecule has 0 saturated heterocycles. The molecule has 0 atom stereocenters. The predicted octanol–water partition coefficient (Wildman–Crippen LogP) is 3.74. The number of thiazole rings is 1. The highest BCUT2D eigenvalue weighted by Gasteiger charge is 2.18. The Balaban J connectivity index is 2.11. The Labute approximate surface area is 120 Å². The third-order valence-corrected chi connectivity index (χ3v) is 3.46. The molecule has 0 saturated carbocycles. The number of anilines is 1. The van der Waals surface area contributed by atoms with Crippen LogP contribution in [0.5, 0.6) is 0 Å². The van der Waals surface area contributed by atoms with Crippen LogP contribution in [-0.4, -0.2) is 15.9 Å². The molecule has 0 aliphatic carbocycles. The lowest BCUT2D eigenvalue weighted by Gasteiger charge is -2.14. The largest absolute Gasteiger partial charge is 0.298 e. The summed E-state index contributed by atoms with van der Waals surface area (Å²) < 4.78 is 0. The zero-order chi connectivity index (χ0) is 14.0. The van der Waals surface area contributed by atoms with Crippen molar-refractivity contribution in [2.24, 2.45) is 0 Å². The fourth-order valence-electron chi connectivity index (χ4n) is 1.36. The number of amides is 1. The first-order valence-corrected chi connectivity index (χ1v) is 7.01. The Morgan fingerprint density at radius 1 is 1.37 bits per heavy atom. The zero-order valence-electron chi connectivity index (χ0n) is 10.9. The van der Waals surface area contributed by atoms with Gasteiger partial charge in [0.05, 0.1) is 11.3 Å². The molecule has 1 N–H and O–H groups in total. The van der Waals surface area contributed by atoms with Gasteiger partial charge in [0, 0.05) is 17.0 Å². The lowest BCUT2D eigenvalue weighted by Crippen LogP contribution is -2.14. The minimum absolute atomic E-state index is 0.0265. The summed E-state index contributed by atoms with van der Waals surface area (Å²) in [7, 11) is 0. The molecule has 0 aliphatic heterocycles. The number of hydrogen-bond donors (Lipinski definition) is 1. The summed E-state index contributed by atoms with van der Waals surface area (Å²) in [5.74, 6) is -0.237. The molecule has 2 rings (SSSR count). The van der Waals surface area contributed by atoms with Crippen molar-refractivity contribution in [3.8, 4) is 0 Å². The van der Waals surface area contributed by atoms with E-state index >= 15 is 0 Å². The number of nitrogens with zero attached hydrogens (tertiary/aromatic N) is 2. The van der Waals surface area contributed by atoms with Crippen molar-refractivity contribution >= 4 is 34.0 Å². The number of halogens is 1. The topological polar surface area (TPSA) is 54.9 Å². The maximum Gasteiger partial charge on any atom is 0.259 e. The molecule has 2 aromatic heterocycles. The molecule has 100 valence electrons. The Kier molecular flexibility index (Phi) is 3.87. The number of aromatic nitrogens is 2. The summed E-state index contributed by atoms with van der Waals surface area (Å²) in [6, 6.07) is 3.21. The van der Waals surface area contributed by atoms with Crippen LogP contribution in [0.2, 0.25) is 5.15 Å². The van der Waals surface area contributed by atoms with Crippen LogP contribution in [0.4, 0.5) is 5.13 Å². The molecular formula is C13H14ClN3OS. The smallest absolute Gasteiger partial charge is 0.259 e. The molecule has 0 spiro atoms. The Hall–Kier alpha value is -1.46. The maximum atomic E-state index is 12.0. The van der Waals surface area contributed by atoms with Gasteiger partial charge < -0.3 is 0 Å². The van der Waals surface area contributed by atoms with E-state index in [1.54, 1.807) is 12.1 Å². The number of carbonyl (C=O) groups excluding carboxylic acids is 1. The zero-order valence-corrected chi connectivity index (χ0v) is 12.5. The van der Waals surface area contributed by atoms with Gasteiger partial charge in [-0.05, 0) is 12.1 Å². The van der Waals surface area contributed by atoms with E-state index in [-0.39, 0.29) is 11.3 Å². The van der Waals surface area contributed by atoms with Crippen molar-refractivity contribution in [2.45, 2.75) is 26.2 Å². The highest BCUT2D eigenvalue weighted by atomic mass is 35.5. The SMILES string of the molecule is CC(C)(C)c1csc(NC(=O)c2ccc(Cl)nc2)n1. The molecule has 0 aliphatic rings. The van der Waals surface area contributed by atoms with E-state index in [2.05, 4.69) is 36.1 Å². The van der Waals surface area contributed by atoms with Gasteiger partial charge in [0.2, 0.25) is 0 Å². The van der Waals surface area contributed by atoms with Crippen molar-refractivity contribution in [3.63, 3.8) is 0 Å². The third-order valence-electron chi connectivity index (χ3n) is 2.48. The second-order valence-corrected chi connectivity index (χ2v) is 6.36. The van der Waals surface area contributed by atoms with Crippen LogP contribution in [-0.2, 0) is 5.41 Å². The first-order valence-electron chi connectivity index (χ1n) is 5.75. The van der Waals surface area contributed by atoms with Gasteiger partial charge in [-0.1, -0.05) is 32.4 Å². The monoisotopic (exact) mass is 295 g/mol. The first-order chi connectivity index (χ1) is 8.86. The van der Waals surface area contributed by atoms with Crippen molar-refractivity contribution in [2.75, 3.05) is 5.32 Å². The van der Waals surface area contributed by atoms with Crippen molar-refractivity contribution in [1.29, 1.82) is 0 Å².